The first-order valence-electron chi connectivity index (χ1n) is 5.09. The van der Waals surface area contributed by atoms with Gasteiger partial charge in [0.25, 0.3) is 0 Å². The fourth-order valence-corrected chi connectivity index (χ4v) is 1.42. The van der Waals surface area contributed by atoms with Crippen LogP contribution in [0.5, 0.6) is 0 Å². The van der Waals surface area contributed by atoms with Crippen LogP contribution in [-0.4, -0.2) is 45.2 Å². The first kappa shape index (κ1) is 12.0. The lowest BCUT2D eigenvalue weighted by molar-refractivity contribution is -0.115. The van der Waals surface area contributed by atoms with Gasteiger partial charge < -0.3 is 20.7 Å². The molecule has 2 heterocycles. The highest BCUT2D eigenvalue weighted by Crippen LogP contribution is 2.23. The Bertz CT molecular complexity index is 457. The summed E-state index contributed by atoms with van der Waals surface area (Å²) in [5.41, 5.74) is 3.87. The molecule has 17 heavy (non-hydrogen) atoms. The molecule has 1 aliphatic heterocycles. The van der Waals surface area contributed by atoms with Gasteiger partial charge in [0.2, 0.25) is 0 Å². The molecule has 0 aromatic carbocycles. The third kappa shape index (κ3) is 2.44. The van der Waals surface area contributed by atoms with Crippen LogP contribution in [0.1, 0.15) is 6.23 Å². The van der Waals surface area contributed by atoms with E-state index in [9.17, 15) is 9.90 Å². The van der Waals surface area contributed by atoms with Crippen molar-refractivity contribution in [1.29, 1.82) is 0 Å². The maximum absolute atomic E-state index is 11.5. The summed E-state index contributed by atoms with van der Waals surface area (Å²) in [5, 5.41) is 21.1. The number of hydrogen-bond donors (Lipinski definition) is 4. The second kappa shape index (κ2) is 4.41. The lowest BCUT2D eigenvalue weighted by atomic mass is 10.4. The average Bonchev–Trinajstić information content (AvgIpc) is 3.07. The lowest BCUT2D eigenvalue weighted by Crippen LogP contribution is -2.36. The molecule has 8 nitrogen and oxygen atoms in total. The summed E-state index contributed by atoms with van der Waals surface area (Å²) in [6.45, 7) is -0.174. The fraction of sp³-hybridized carbons (Fsp3) is 0.556. The number of ether oxygens (including phenoxy) is 1. The van der Waals surface area contributed by atoms with Crippen molar-refractivity contribution < 1.29 is 14.9 Å². The number of aromatic nitrogens is 2. The molecule has 1 saturated heterocycles. The van der Waals surface area contributed by atoms with Crippen LogP contribution in [0.25, 0.3) is 0 Å². The molecule has 2 unspecified atom stereocenters. The summed E-state index contributed by atoms with van der Waals surface area (Å²) < 4.78 is 6.54. The van der Waals surface area contributed by atoms with Crippen LogP contribution in [0, 0.1) is 0 Å². The molecule has 2 atom stereocenters. The van der Waals surface area contributed by atoms with Crippen LogP contribution in [-0.2, 0) is 4.74 Å². The van der Waals surface area contributed by atoms with Crippen molar-refractivity contribution in [3.63, 3.8) is 0 Å². The SMILES string of the molecule is Nc1ccn(C(CO)OC2(CO)CN2)c(=O)n1. The number of nitrogen functional groups attached to an aromatic ring is 1. The van der Waals surface area contributed by atoms with Crippen molar-refractivity contribution in [2.75, 3.05) is 25.5 Å². The van der Waals surface area contributed by atoms with Crippen molar-refractivity contribution in [3.8, 4) is 0 Å². The number of aliphatic hydroxyl groups is 2. The van der Waals surface area contributed by atoms with E-state index in [4.69, 9.17) is 15.6 Å². The molecule has 0 radical (unpaired) electrons. The van der Waals surface area contributed by atoms with Gasteiger partial charge in [-0.05, 0) is 6.07 Å². The summed E-state index contributed by atoms with van der Waals surface area (Å²) in [5.74, 6) is 0.101. The average molecular weight is 242 g/mol. The lowest BCUT2D eigenvalue weighted by Gasteiger charge is -2.22. The second-order valence-corrected chi connectivity index (χ2v) is 3.80. The zero-order chi connectivity index (χ0) is 12.5. The van der Waals surface area contributed by atoms with Gasteiger partial charge in [0.05, 0.1) is 13.2 Å². The van der Waals surface area contributed by atoms with E-state index in [1.807, 2.05) is 0 Å². The Morgan fingerprint density at radius 1 is 1.71 bits per heavy atom. The number of aliphatic hydroxyl groups excluding tert-OH is 2. The first-order chi connectivity index (χ1) is 8.10. The fourth-order valence-electron chi connectivity index (χ4n) is 1.42. The van der Waals surface area contributed by atoms with Gasteiger partial charge in [-0.2, -0.15) is 4.98 Å². The topological polar surface area (TPSA) is 133 Å². The van der Waals surface area contributed by atoms with Crippen LogP contribution in [0.2, 0.25) is 0 Å². The Hall–Kier alpha value is -1.48. The number of anilines is 1. The summed E-state index contributed by atoms with van der Waals surface area (Å²) in [4.78, 5) is 15.1. The maximum Gasteiger partial charge on any atom is 0.351 e. The van der Waals surface area contributed by atoms with Crippen LogP contribution in [0.4, 0.5) is 5.82 Å². The third-order valence-electron chi connectivity index (χ3n) is 2.51. The van der Waals surface area contributed by atoms with E-state index in [0.29, 0.717) is 6.54 Å². The van der Waals surface area contributed by atoms with E-state index >= 15 is 0 Å². The molecule has 1 aliphatic rings. The Kier molecular flexibility index (Phi) is 3.11. The molecule has 8 heteroatoms. The van der Waals surface area contributed by atoms with E-state index in [2.05, 4.69) is 10.3 Å². The summed E-state index contributed by atoms with van der Waals surface area (Å²) in [6.07, 6.45) is 0.483. The Morgan fingerprint density at radius 2 is 2.41 bits per heavy atom. The van der Waals surface area contributed by atoms with Gasteiger partial charge in [-0.15, -0.1) is 0 Å². The van der Waals surface area contributed by atoms with Crippen molar-refractivity contribution in [2.24, 2.45) is 0 Å². The van der Waals surface area contributed by atoms with Crippen molar-refractivity contribution in [2.45, 2.75) is 12.0 Å². The van der Waals surface area contributed by atoms with Gasteiger partial charge >= 0.3 is 5.69 Å². The van der Waals surface area contributed by atoms with Crippen LogP contribution in [0.3, 0.4) is 0 Å². The Balaban J connectivity index is 2.20. The molecule has 0 spiro atoms. The highest BCUT2D eigenvalue weighted by Gasteiger charge is 2.45. The molecule has 0 bridgehead atoms. The molecule has 1 aromatic rings. The maximum atomic E-state index is 11.5. The van der Waals surface area contributed by atoms with Crippen LogP contribution >= 0.6 is 0 Å². The van der Waals surface area contributed by atoms with Gasteiger partial charge in [0.1, 0.15) is 5.82 Å². The number of rotatable bonds is 5. The Labute approximate surface area is 96.7 Å². The first-order valence-corrected chi connectivity index (χ1v) is 5.09. The summed E-state index contributed by atoms with van der Waals surface area (Å²) in [6, 6.07) is 1.43. The van der Waals surface area contributed by atoms with E-state index in [1.165, 1.54) is 12.3 Å². The third-order valence-corrected chi connectivity index (χ3v) is 2.51. The highest BCUT2D eigenvalue weighted by molar-refractivity contribution is 5.23. The van der Waals surface area contributed by atoms with Gasteiger partial charge in [0.15, 0.2) is 12.0 Å². The van der Waals surface area contributed by atoms with E-state index in [-0.39, 0.29) is 12.4 Å². The summed E-state index contributed by atoms with van der Waals surface area (Å²) in [7, 11) is 0. The molecule has 0 saturated carbocycles. The monoisotopic (exact) mass is 242 g/mol. The van der Waals surface area contributed by atoms with Crippen molar-refractivity contribution in [1.82, 2.24) is 14.9 Å². The molecule has 0 amide bonds. The second-order valence-electron chi connectivity index (χ2n) is 3.80. The molecule has 5 N–H and O–H groups in total. The number of nitrogens with one attached hydrogen (secondary N) is 1. The number of hydrogen-bond acceptors (Lipinski definition) is 7. The normalized spacial score (nSPS) is 24.6. The molecule has 94 valence electrons. The van der Waals surface area contributed by atoms with Gasteiger partial charge in [0, 0.05) is 12.7 Å². The highest BCUT2D eigenvalue weighted by atomic mass is 16.6. The minimum Gasteiger partial charge on any atom is -0.392 e. The van der Waals surface area contributed by atoms with Crippen LogP contribution in [0.15, 0.2) is 17.1 Å². The van der Waals surface area contributed by atoms with Crippen LogP contribution < -0.4 is 16.7 Å². The molecule has 1 aromatic heterocycles. The standard InChI is InChI=1S/C9H14N4O4/c10-6-1-2-13(8(16)12-6)7(3-14)17-9(5-15)4-11-9/h1-2,7,11,14-15H,3-5H2,(H2,10,12,16). The van der Waals surface area contributed by atoms with Gasteiger partial charge in [-0.25, -0.2) is 4.79 Å². The van der Waals surface area contributed by atoms with E-state index in [0.717, 1.165) is 4.57 Å². The molecule has 2 rings (SSSR count). The zero-order valence-corrected chi connectivity index (χ0v) is 9.04. The Morgan fingerprint density at radius 3 is 2.88 bits per heavy atom. The van der Waals surface area contributed by atoms with E-state index < -0.39 is 24.2 Å². The molecular formula is C9H14N4O4. The molecular weight excluding hydrogens is 228 g/mol. The van der Waals surface area contributed by atoms with Gasteiger partial charge in [-0.3, -0.25) is 9.88 Å². The van der Waals surface area contributed by atoms with Crippen molar-refractivity contribution in [3.05, 3.63) is 22.7 Å². The largest absolute Gasteiger partial charge is 0.392 e. The zero-order valence-electron chi connectivity index (χ0n) is 9.04. The molecule has 1 fully saturated rings. The van der Waals surface area contributed by atoms with Crippen molar-refractivity contribution >= 4 is 5.82 Å². The van der Waals surface area contributed by atoms with E-state index in [1.54, 1.807) is 0 Å². The summed E-state index contributed by atoms with van der Waals surface area (Å²) >= 11 is 0. The minimum atomic E-state index is -0.905. The number of nitrogens with zero attached hydrogens (tertiary/aromatic N) is 2. The predicted octanol–water partition coefficient (Wildman–Crippen LogP) is -2.38. The number of nitrogens with two attached hydrogens (primary N) is 1. The predicted molar refractivity (Wildman–Crippen MR) is 57.9 cm³/mol. The smallest absolute Gasteiger partial charge is 0.351 e. The minimum absolute atomic E-state index is 0.101. The molecule has 0 aliphatic carbocycles. The quantitative estimate of drug-likeness (QED) is 0.424. The van der Waals surface area contributed by atoms with Gasteiger partial charge in [-0.1, -0.05) is 0 Å².